The Labute approximate surface area is 233 Å². The predicted molar refractivity (Wildman–Crippen MR) is 129 cm³/mol. The number of hydrogen-bond acceptors (Lipinski definition) is 0. The van der Waals surface area contributed by atoms with E-state index in [1.54, 1.807) is 0 Å². The largest absolute Gasteiger partial charge is 4.00 e. The molecule has 2 aliphatic carbocycles. The molecule has 0 amide bonds. The molecule has 2 aliphatic rings. The van der Waals surface area contributed by atoms with Gasteiger partial charge >= 0.3 is 26.2 Å². The van der Waals surface area contributed by atoms with E-state index in [0.29, 0.717) is 0 Å². The molecule has 0 aromatic heterocycles. The fourth-order valence-corrected chi connectivity index (χ4v) is 4.28. The Balaban J connectivity index is 0.000000569. The number of benzene rings is 2. The summed E-state index contributed by atoms with van der Waals surface area (Å²) in [7, 11) is 0. The van der Waals surface area contributed by atoms with Crippen LogP contribution in [0.3, 0.4) is 0 Å². The Morgan fingerprint density at radius 3 is 1.21 bits per heavy atom. The van der Waals surface area contributed by atoms with Crippen LogP contribution in [0.15, 0.2) is 96.1 Å². The van der Waals surface area contributed by atoms with Gasteiger partial charge in [-0.3, -0.25) is 12.2 Å². The fraction of sp³-hybridized carbons (Fsp3) is 0.333. The van der Waals surface area contributed by atoms with Crippen molar-refractivity contribution in [2.24, 2.45) is 0 Å². The molecule has 0 bridgehead atoms. The van der Waals surface area contributed by atoms with E-state index in [0.717, 1.165) is 25.7 Å². The van der Waals surface area contributed by atoms with Gasteiger partial charge in [0.25, 0.3) is 0 Å². The summed E-state index contributed by atoms with van der Waals surface area (Å²) in [5, 5.41) is 0. The monoisotopic (exact) mass is 554 g/mol. The van der Waals surface area contributed by atoms with Crippen LogP contribution in [-0.4, -0.2) is 0 Å². The van der Waals surface area contributed by atoms with Gasteiger partial charge in [0.2, 0.25) is 0 Å². The van der Waals surface area contributed by atoms with Gasteiger partial charge in [-0.05, 0) is 34.8 Å². The smallest absolute Gasteiger partial charge is 1.00 e. The predicted octanol–water partition coefficient (Wildman–Crippen LogP) is 2.09. The molecule has 0 saturated carbocycles. The normalized spacial score (nSPS) is 17.0. The Morgan fingerprint density at radius 2 is 0.970 bits per heavy atom. The zero-order valence-corrected chi connectivity index (χ0v) is 24.1. The number of allylic oxidation sites excluding steroid dienone is 8. The zero-order chi connectivity index (χ0) is 21.5. The first kappa shape index (κ1) is 31.9. The average Bonchev–Trinajstić information content (AvgIpc) is 3.55. The number of rotatable bonds is 6. The summed E-state index contributed by atoms with van der Waals surface area (Å²) >= 11 is 0. The van der Waals surface area contributed by atoms with Crippen molar-refractivity contribution in [3.8, 4) is 0 Å². The third-order valence-corrected chi connectivity index (χ3v) is 6.81. The second-order valence-corrected chi connectivity index (χ2v) is 8.50. The molecule has 2 aromatic carbocycles. The van der Waals surface area contributed by atoms with Crippen molar-refractivity contribution in [3.63, 3.8) is 0 Å². The van der Waals surface area contributed by atoms with Crippen molar-refractivity contribution in [1.82, 2.24) is 0 Å². The quantitative estimate of drug-likeness (QED) is 0.479. The molecule has 172 valence electrons. The molecule has 33 heavy (non-hydrogen) atoms. The van der Waals surface area contributed by atoms with Gasteiger partial charge in [0, 0.05) is 0 Å². The first-order valence-corrected chi connectivity index (χ1v) is 11.2. The van der Waals surface area contributed by atoms with Crippen molar-refractivity contribution in [2.45, 2.75) is 64.2 Å². The van der Waals surface area contributed by atoms with E-state index in [-0.39, 0.29) is 61.8 Å². The molecular formula is C30H34Cl2Zr. The SMILES string of the molecule is CCC(C)(C1=[C-]CC=C1)c1ccccc1.CCC(C)(C1=[C-]CC=C1)c1ccccc1.[Cl-].[Cl-].[Zr+4]. The van der Waals surface area contributed by atoms with E-state index in [2.05, 4.69) is 125 Å². The van der Waals surface area contributed by atoms with Crippen LogP contribution in [0.4, 0.5) is 0 Å². The minimum atomic E-state index is 0. The topological polar surface area (TPSA) is 0 Å². The molecule has 0 nitrogen and oxygen atoms in total. The van der Waals surface area contributed by atoms with Crippen LogP contribution >= 0.6 is 0 Å². The molecule has 0 aliphatic heterocycles. The summed E-state index contributed by atoms with van der Waals surface area (Å²) < 4.78 is 0. The van der Waals surface area contributed by atoms with E-state index >= 15 is 0 Å². The van der Waals surface area contributed by atoms with Crippen LogP contribution in [0.2, 0.25) is 0 Å². The summed E-state index contributed by atoms with van der Waals surface area (Å²) in [4.78, 5) is 0. The Morgan fingerprint density at radius 1 is 0.636 bits per heavy atom. The van der Waals surface area contributed by atoms with Gasteiger partial charge in [-0.25, -0.2) is 23.3 Å². The molecule has 0 saturated heterocycles. The minimum Gasteiger partial charge on any atom is -1.00 e. The molecule has 0 spiro atoms. The van der Waals surface area contributed by atoms with Gasteiger partial charge in [0.15, 0.2) is 0 Å². The van der Waals surface area contributed by atoms with E-state index in [1.807, 2.05) is 0 Å². The Hall–Kier alpha value is -1.14. The van der Waals surface area contributed by atoms with Crippen LogP contribution < -0.4 is 24.8 Å². The average molecular weight is 557 g/mol. The second kappa shape index (κ2) is 15.0. The Kier molecular flexibility index (Phi) is 14.5. The molecule has 2 atom stereocenters. The van der Waals surface area contributed by atoms with E-state index in [9.17, 15) is 0 Å². The van der Waals surface area contributed by atoms with Crippen LogP contribution in [0.25, 0.3) is 0 Å². The number of halogens is 2. The maximum Gasteiger partial charge on any atom is 4.00 e. The number of hydrogen-bond donors (Lipinski definition) is 0. The van der Waals surface area contributed by atoms with E-state index in [1.165, 1.54) is 22.3 Å². The van der Waals surface area contributed by atoms with Crippen molar-refractivity contribution in [3.05, 3.63) is 119 Å². The van der Waals surface area contributed by atoms with Crippen LogP contribution in [-0.2, 0) is 37.0 Å². The van der Waals surface area contributed by atoms with Crippen molar-refractivity contribution in [1.29, 1.82) is 0 Å². The second-order valence-electron chi connectivity index (χ2n) is 8.50. The van der Waals surface area contributed by atoms with E-state index in [4.69, 9.17) is 0 Å². The van der Waals surface area contributed by atoms with Crippen molar-refractivity contribution in [2.75, 3.05) is 0 Å². The summed E-state index contributed by atoms with van der Waals surface area (Å²) in [6.45, 7) is 9.10. The molecule has 2 unspecified atom stereocenters. The maximum absolute atomic E-state index is 3.45. The van der Waals surface area contributed by atoms with Gasteiger partial charge in [-0.1, -0.05) is 88.4 Å². The van der Waals surface area contributed by atoms with Crippen LogP contribution in [0, 0.1) is 12.2 Å². The standard InChI is InChI=1S/2C15H17.2ClH.Zr/c2*1-3-15(2,14-11-7-8-12-14)13-9-5-4-6-10-13;;;/h2*4-7,9-11H,3,8H2,1-2H3;2*1H;/q2*-1;;;+4/p-2. The molecule has 3 heteroatoms. The first-order valence-electron chi connectivity index (χ1n) is 11.2. The van der Waals surface area contributed by atoms with Gasteiger partial charge in [-0.15, -0.1) is 12.8 Å². The Bertz CT molecular complexity index is 864. The minimum absolute atomic E-state index is 0. The van der Waals surface area contributed by atoms with Gasteiger partial charge < -0.3 is 24.8 Å². The molecule has 0 N–H and O–H groups in total. The molecule has 4 rings (SSSR count). The first-order chi connectivity index (χ1) is 14.5. The maximum atomic E-state index is 3.45. The third kappa shape index (κ3) is 7.42. The fourth-order valence-electron chi connectivity index (χ4n) is 4.28. The molecule has 0 fully saturated rings. The molecular weight excluding hydrogens is 522 g/mol. The zero-order valence-electron chi connectivity index (χ0n) is 20.2. The molecule has 0 radical (unpaired) electrons. The summed E-state index contributed by atoms with van der Waals surface area (Å²) in [6.07, 6.45) is 19.9. The summed E-state index contributed by atoms with van der Waals surface area (Å²) in [6, 6.07) is 21.4. The summed E-state index contributed by atoms with van der Waals surface area (Å²) in [5.74, 6) is 0. The molecule has 2 aromatic rings. The van der Waals surface area contributed by atoms with Crippen LogP contribution in [0.5, 0.6) is 0 Å². The van der Waals surface area contributed by atoms with Crippen molar-refractivity contribution >= 4 is 0 Å². The van der Waals surface area contributed by atoms with Gasteiger partial charge in [0.05, 0.1) is 0 Å². The van der Waals surface area contributed by atoms with E-state index < -0.39 is 0 Å². The van der Waals surface area contributed by atoms with Gasteiger partial charge in [0.1, 0.15) is 0 Å². The third-order valence-electron chi connectivity index (χ3n) is 6.81. The summed E-state index contributed by atoms with van der Waals surface area (Å²) in [5.41, 5.74) is 5.73. The van der Waals surface area contributed by atoms with Gasteiger partial charge in [-0.2, -0.15) is 12.2 Å². The van der Waals surface area contributed by atoms with Crippen LogP contribution in [0.1, 0.15) is 64.5 Å². The van der Waals surface area contributed by atoms with Crippen molar-refractivity contribution < 1.29 is 51.0 Å². The molecule has 0 heterocycles.